The van der Waals surface area contributed by atoms with Crippen LogP contribution < -0.4 is 10.9 Å². The number of pyridine rings is 1. The minimum absolute atomic E-state index is 0.0795. The molecule has 3 nitrogen and oxygen atoms in total. The van der Waals surface area contributed by atoms with E-state index in [2.05, 4.69) is 19.2 Å². The average molecular weight is 208 g/mol. The first-order valence-corrected chi connectivity index (χ1v) is 5.39. The van der Waals surface area contributed by atoms with Gasteiger partial charge in [-0.15, -0.1) is 0 Å². The maximum Gasteiger partial charge on any atom is 0.250 e. The molecule has 0 fully saturated rings. The topological polar surface area (TPSA) is 34.0 Å². The molecule has 0 aliphatic carbocycles. The number of aromatic nitrogens is 1. The standard InChI is InChI=1S/C12H20N2O/c1-9(2)11(13-4)8-14-6-5-10(3)7-12(14)15/h5-7,9,11,13H,8H2,1-4H3. The fourth-order valence-electron chi connectivity index (χ4n) is 1.60. The molecule has 1 atom stereocenters. The largest absolute Gasteiger partial charge is 0.315 e. The zero-order valence-electron chi connectivity index (χ0n) is 9.95. The Morgan fingerprint density at radius 3 is 2.60 bits per heavy atom. The summed E-state index contributed by atoms with van der Waals surface area (Å²) in [7, 11) is 1.93. The van der Waals surface area contributed by atoms with E-state index in [9.17, 15) is 4.79 Å². The number of likely N-dealkylation sites (N-methyl/N-ethyl adjacent to an activating group) is 1. The van der Waals surface area contributed by atoms with Crippen LogP contribution in [0, 0.1) is 12.8 Å². The van der Waals surface area contributed by atoms with Gasteiger partial charge in [0.15, 0.2) is 0 Å². The third-order valence-electron chi connectivity index (χ3n) is 2.72. The highest BCUT2D eigenvalue weighted by Crippen LogP contribution is 2.03. The lowest BCUT2D eigenvalue weighted by Crippen LogP contribution is -2.37. The molecule has 1 N–H and O–H groups in total. The molecule has 1 unspecified atom stereocenters. The maximum atomic E-state index is 11.6. The fraction of sp³-hybridized carbons (Fsp3) is 0.583. The van der Waals surface area contributed by atoms with E-state index >= 15 is 0 Å². The summed E-state index contributed by atoms with van der Waals surface area (Å²) in [5.74, 6) is 0.517. The number of rotatable bonds is 4. The molecule has 1 aromatic heterocycles. The van der Waals surface area contributed by atoms with Crippen molar-refractivity contribution in [2.45, 2.75) is 33.4 Å². The summed E-state index contributed by atoms with van der Waals surface area (Å²) in [6, 6.07) is 3.98. The van der Waals surface area contributed by atoms with Gasteiger partial charge in [-0.2, -0.15) is 0 Å². The van der Waals surface area contributed by atoms with Crippen molar-refractivity contribution in [3.8, 4) is 0 Å². The van der Waals surface area contributed by atoms with Crippen LogP contribution in [0.25, 0.3) is 0 Å². The van der Waals surface area contributed by atoms with Crippen molar-refractivity contribution in [3.63, 3.8) is 0 Å². The van der Waals surface area contributed by atoms with Crippen molar-refractivity contribution >= 4 is 0 Å². The Morgan fingerprint density at radius 2 is 2.13 bits per heavy atom. The van der Waals surface area contributed by atoms with Gasteiger partial charge in [0.25, 0.3) is 5.56 Å². The highest BCUT2D eigenvalue weighted by atomic mass is 16.1. The van der Waals surface area contributed by atoms with E-state index in [1.54, 1.807) is 10.6 Å². The molecule has 3 heteroatoms. The van der Waals surface area contributed by atoms with E-state index in [0.29, 0.717) is 12.0 Å². The van der Waals surface area contributed by atoms with Crippen molar-refractivity contribution in [2.75, 3.05) is 7.05 Å². The SMILES string of the molecule is CNC(Cn1ccc(C)cc1=O)C(C)C. The zero-order chi connectivity index (χ0) is 11.4. The van der Waals surface area contributed by atoms with Crippen molar-refractivity contribution in [2.24, 2.45) is 5.92 Å². The van der Waals surface area contributed by atoms with Gasteiger partial charge in [0.05, 0.1) is 0 Å². The minimum Gasteiger partial charge on any atom is -0.315 e. The molecule has 84 valence electrons. The summed E-state index contributed by atoms with van der Waals surface area (Å²) >= 11 is 0. The van der Waals surface area contributed by atoms with Gasteiger partial charge in [-0.25, -0.2) is 0 Å². The Kier molecular flexibility index (Phi) is 4.09. The molecule has 0 spiro atoms. The molecule has 1 heterocycles. The van der Waals surface area contributed by atoms with Crippen LogP contribution in [0.5, 0.6) is 0 Å². The Hall–Kier alpha value is -1.09. The molecule has 1 rings (SSSR count). The van der Waals surface area contributed by atoms with Gasteiger partial charge in [-0.3, -0.25) is 4.79 Å². The van der Waals surface area contributed by atoms with Crippen LogP contribution in [0.1, 0.15) is 19.4 Å². The predicted octanol–water partition coefficient (Wildman–Crippen LogP) is 1.40. The van der Waals surface area contributed by atoms with Gasteiger partial charge >= 0.3 is 0 Å². The maximum absolute atomic E-state index is 11.6. The monoisotopic (exact) mass is 208 g/mol. The van der Waals surface area contributed by atoms with E-state index in [4.69, 9.17) is 0 Å². The van der Waals surface area contributed by atoms with Crippen LogP contribution in [0.2, 0.25) is 0 Å². The second-order valence-corrected chi connectivity index (χ2v) is 4.33. The van der Waals surface area contributed by atoms with Crippen LogP contribution in [0.3, 0.4) is 0 Å². The van der Waals surface area contributed by atoms with E-state index < -0.39 is 0 Å². The summed E-state index contributed by atoms with van der Waals surface area (Å²) in [6.45, 7) is 6.97. The van der Waals surface area contributed by atoms with Crippen LogP contribution >= 0.6 is 0 Å². The summed E-state index contributed by atoms with van der Waals surface area (Å²) in [6.07, 6.45) is 1.87. The van der Waals surface area contributed by atoms with E-state index in [0.717, 1.165) is 12.1 Å². The van der Waals surface area contributed by atoms with Crippen LogP contribution in [-0.2, 0) is 6.54 Å². The Labute approximate surface area is 91.1 Å². The van der Waals surface area contributed by atoms with Crippen LogP contribution in [-0.4, -0.2) is 17.7 Å². The first kappa shape index (κ1) is 12.0. The quantitative estimate of drug-likeness (QED) is 0.811. The van der Waals surface area contributed by atoms with Gasteiger partial charge in [0.2, 0.25) is 0 Å². The fourth-order valence-corrected chi connectivity index (χ4v) is 1.60. The van der Waals surface area contributed by atoms with Crippen molar-refractivity contribution in [3.05, 3.63) is 34.2 Å². The van der Waals surface area contributed by atoms with Gasteiger partial charge in [-0.1, -0.05) is 13.8 Å². The Morgan fingerprint density at radius 1 is 1.47 bits per heavy atom. The molecule has 15 heavy (non-hydrogen) atoms. The van der Waals surface area contributed by atoms with Crippen LogP contribution in [0.4, 0.5) is 0 Å². The van der Waals surface area contributed by atoms with Gasteiger partial charge < -0.3 is 9.88 Å². The van der Waals surface area contributed by atoms with E-state index in [-0.39, 0.29) is 5.56 Å². The molecule has 0 amide bonds. The minimum atomic E-state index is 0.0795. The Bertz CT molecular complexity index is 368. The average Bonchev–Trinajstić information content (AvgIpc) is 2.16. The summed E-state index contributed by atoms with van der Waals surface area (Å²) in [5, 5.41) is 3.23. The molecule has 0 saturated heterocycles. The van der Waals surface area contributed by atoms with Gasteiger partial charge in [-0.05, 0) is 31.5 Å². The van der Waals surface area contributed by atoms with Gasteiger partial charge in [0.1, 0.15) is 0 Å². The number of hydrogen-bond donors (Lipinski definition) is 1. The summed E-state index contributed by atoms with van der Waals surface area (Å²) in [5.41, 5.74) is 1.10. The summed E-state index contributed by atoms with van der Waals surface area (Å²) in [4.78, 5) is 11.6. The molecular weight excluding hydrogens is 188 g/mol. The lowest BCUT2D eigenvalue weighted by atomic mass is 10.0. The number of aryl methyl sites for hydroxylation is 1. The van der Waals surface area contributed by atoms with Crippen molar-refractivity contribution in [1.29, 1.82) is 0 Å². The highest BCUT2D eigenvalue weighted by Gasteiger charge is 2.11. The first-order chi connectivity index (χ1) is 7.04. The molecule has 1 aromatic rings. The number of nitrogens with one attached hydrogen (secondary N) is 1. The molecule has 0 aliphatic rings. The third kappa shape index (κ3) is 3.20. The molecule has 0 aliphatic heterocycles. The third-order valence-corrected chi connectivity index (χ3v) is 2.72. The number of nitrogens with zero attached hydrogens (tertiary/aromatic N) is 1. The lowest BCUT2D eigenvalue weighted by molar-refractivity contribution is 0.373. The Balaban J connectivity index is 2.84. The molecule has 0 bridgehead atoms. The molecular formula is C12H20N2O. The van der Waals surface area contributed by atoms with Crippen LogP contribution in [0.15, 0.2) is 23.1 Å². The molecule has 0 aromatic carbocycles. The van der Waals surface area contributed by atoms with Crippen molar-refractivity contribution in [1.82, 2.24) is 9.88 Å². The number of hydrogen-bond acceptors (Lipinski definition) is 2. The molecule has 0 saturated carbocycles. The summed E-state index contributed by atoms with van der Waals surface area (Å²) < 4.78 is 1.76. The smallest absolute Gasteiger partial charge is 0.250 e. The zero-order valence-corrected chi connectivity index (χ0v) is 9.95. The van der Waals surface area contributed by atoms with Gasteiger partial charge in [0, 0.05) is 24.8 Å². The van der Waals surface area contributed by atoms with Crippen molar-refractivity contribution < 1.29 is 0 Å². The first-order valence-electron chi connectivity index (χ1n) is 5.39. The van der Waals surface area contributed by atoms with E-state index in [1.165, 1.54) is 0 Å². The molecule has 0 radical (unpaired) electrons. The normalized spacial score (nSPS) is 13.1. The van der Waals surface area contributed by atoms with E-state index in [1.807, 2.05) is 26.2 Å². The second kappa shape index (κ2) is 5.12. The highest BCUT2D eigenvalue weighted by molar-refractivity contribution is 5.08. The predicted molar refractivity (Wildman–Crippen MR) is 63.1 cm³/mol. The second-order valence-electron chi connectivity index (χ2n) is 4.33. The lowest BCUT2D eigenvalue weighted by Gasteiger charge is -2.21.